The summed E-state index contributed by atoms with van der Waals surface area (Å²) in [5.74, 6) is 0.361. The normalized spacial score (nSPS) is 11.6. The zero-order chi connectivity index (χ0) is 16.1. The molecule has 1 aromatic carbocycles. The summed E-state index contributed by atoms with van der Waals surface area (Å²) in [5.41, 5.74) is 2.39. The average molecular weight is 326 g/mol. The third-order valence-electron chi connectivity index (χ3n) is 4.09. The Labute approximate surface area is 134 Å². The maximum absolute atomic E-state index is 12.8. The maximum atomic E-state index is 12.8. The van der Waals surface area contributed by atoms with Crippen molar-refractivity contribution in [2.75, 3.05) is 0 Å². The molecule has 0 atom stereocenters. The molecule has 4 rings (SSSR count). The lowest BCUT2D eigenvalue weighted by molar-refractivity contribution is 0.654. The lowest BCUT2D eigenvalue weighted by Crippen LogP contribution is -2.24. The highest BCUT2D eigenvalue weighted by atomic mass is 32.1. The summed E-state index contributed by atoms with van der Waals surface area (Å²) >= 11 is 1.34. The van der Waals surface area contributed by atoms with Gasteiger partial charge in [-0.05, 0) is 29.5 Å². The van der Waals surface area contributed by atoms with E-state index in [0.29, 0.717) is 22.5 Å². The molecule has 0 amide bonds. The zero-order valence-corrected chi connectivity index (χ0v) is 13.5. The second-order valence-corrected chi connectivity index (χ2v) is 6.42. The van der Waals surface area contributed by atoms with E-state index in [4.69, 9.17) is 0 Å². The number of aryl methyl sites for hydroxylation is 2. The standard InChI is InChI=1S/C16H14N4O2S/c1-10-5-3-4-6-11(10)9-19-16(22)20-12-7-8-23-13(12)14(21)18(2)15(20)17-19/h3-8H,9H2,1-2H3. The van der Waals surface area contributed by atoms with Crippen LogP contribution in [0.1, 0.15) is 11.1 Å². The van der Waals surface area contributed by atoms with Gasteiger partial charge >= 0.3 is 5.69 Å². The molecule has 0 aliphatic heterocycles. The minimum absolute atomic E-state index is 0.129. The fourth-order valence-electron chi connectivity index (χ4n) is 2.76. The molecule has 0 fully saturated rings. The lowest BCUT2D eigenvalue weighted by Gasteiger charge is -2.03. The molecule has 6 nitrogen and oxygen atoms in total. The molecule has 7 heteroatoms. The van der Waals surface area contributed by atoms with Gasteiger partial charge in [0.2, 0.25) is 5.78 Å². The van der Waals surface area contributed by atoms with Gasteiger partial charge in [-0.15, -0.1) is 16.4 Å². The average Bonchev–Trinajstić information content (AvgIpc) is 3.13. The summed E-state index contributed by atoms with van der Waals surface area (Å²) in [6.45, 7) is 2.38. The van der Waals surface area contributed by atoms with E-state index in [1.807, 2.05) is 36.6 Å². The summed E-state index contributed by atoms with van der Waals surface area (Å²) in [4.78, 5) is 25.1. The molecule has 0 bridgehead atoms. The molecule has 0 aliphatic carbocycles. The van der Waals surface area contributed by atoms with Gasteiger partial charge in [0, 0.05) is 7.05 Å². The first-order chi connectivity index (χ1) is 11.1. The summed E-state index contributed by atoms with van der Waals surface area (Å²) in [5, 5.41) is 6.19. The first-order valence-electron chi connectivity index (χ1n) is 7.18. The van der Waals surface area contributed by atoms with Gasteiger partial charge in [-0.1, -0.05) is 24.3 Å². The minimum Gasteiger partial charge on any atom is -0.279 e. The second-order valence-electron chi connectivity index (χ2n) is 5.50. The smallest absolute Gasteiger partial charge is 0.279 e. The zero-order valence-electron chi connectivity index (χ0n) is 12.7. The van der Waals surface area contributed by atoms with Crippen molar-refractivity contribution in [3.05, 3.63) is 67.7 Å². The number of thiophene rings is 1. The predicted molar refractivity (Wildman–Crippen MR) is 90.4 cm³/mol. The van der Waals surface area contributed by atoms with Crippen LogP contribution < -0.4 is 11.2 Å². The van der Waals surface area contributed by atoms with E-state index < -0.39 is 0 Å². The van der Waals surface area contributed by atoms with E-state index in [0.717, 1.165) is 11.1 Å². The van der Waals surface area contributed by atoms with Crippen molar-refractivity contribution in [2.24, 2.45) is 7.05 Å². The molecule has 0 saturated heterocycles. The van der Waals surface area contributed by atoms with E-state index in [1.165, 1.54) is 25.0 Å². The topological polar surface area (TPSA) is 61.3 Å². The Morgan fingerprint density at radius 3 is 2.74 bits per heavy atom. The molecule has 0 spiro atoms. The van der Waals surface area contributed by atoms with Gasteiger partial charge in [0.05, 0.1) is 12.1 Å². The largest absolute Gasteiger partial charge is 0.352 e. The van der Waals surface area contributed by atoms with Crippen molar-refractivity contribution in [3.63, 3.8) is 0 Å². The quantitative estimate of drug-likeness (QED) is 0.564. The number of fused-ring (bicyclic) bond motifs is 3. The van der Waals surface area contributed by atoms with E-state index in [1.54, 1.807) is 13.1 Å². The van der Waals surface area contributed by atoms with Crippen molar-refractivity contribution in [3.8, 4) is 0 Å². The van der Waals surface area contributed by atoms with Crippen LogP contribution in [0.2, 0.25) is 0 Å². The minimum atomic E-state index is -0.234. The summed E-state index contributed by atoms with van der Waals surface area (Å²) in [6, 6.07) is 9.67. The highest BCUT2D eigenvalue weighted by Gasteiger charge is 2.16. The molecule has 4 aromatic rings. The first-order valence-corrected chi connectivity index (χ1v) is 8.06. The third kappa shape index (κ3) is 1.97. The van der Waals surface area contributed by atoms with Crippen LogP contribution in [0, 0.1) is 6.92 Å². The predicted octanol–water partition coefficient (Wildman–Crippen LogP) is 1.77. The van der Waals surface area contributed by atoms with Gasteiger partial charge in [0.15, 0.2) is 0 Å². The number of nitrogens with zero attached hydrogens (tertiary/aromatic N) is 4. The van der Waals surface area contributed by atoms with E-state index in [-0.39, 0.29) is 11.2 Å². The van der Waals surface area contributed by atoms with Gasteiger partial charge in [0.25, 0.3) is 5.56 Å². The summed E-state index contributed by atoms with van der Waals surface area (Å²) in [7, 11) is 1.64. The Morgan fingerprint density at radius 1 is 1.17 bits per heavy atom. The maximum Gasteiger partial charge on any atom is 0.352 e. The molecule has 0 saturated carbocycles. The molecule has 23 heavy (non-hydrogen) atoms. The Balaban J connectivity index is 2.02. The number of benzene rings is 1. The van der Waals surface area contributed by atoms with Gasteiger partial charge in [-0.3, -0.25) is 9.36 Å². The molecular formula is C16H14N4O2S. The van der Waals surface area contributed by atoms with Gasteiger partial charge in [-0.25, -0.2) is 13.9 Å². The fraction of sp³-hybridized carbons (Fsp3) is 0.188. The van der Waals surface area contributed by atoms with E-state index in [2.05, 4.69) is 5.10 Å². The van der Waals surface area contributed by atoms with Crippen LogP contribution in [0.3, 0.4) is 0 Å². The molecule has 3 heterocycles. The number of rotatable bonds is 2. The third-order valence-corrected chi connectivity index (χ3v) is 4.98. The number of hydrogen-bond donors (Lipinski definition) is 0. The molecule has 116 valence electrons. The second kappa shape index (κ2) is 4.92. The van der Waals surface area contributed by atoms with Gasteiger partial charge < -0.3 is 0 Å². The van der Waals surface area contributed by atoms with Gasteiger partial charge in [0.1, 0.15) is 4.70 Å². The number of hydrogen-bond acceptors (Lipinski definition) is 4. The molecule has 0 radical (unpaired) electrons. The van der Waals surface area contributed by atoms with Crippen molar-refractivity contribution >= 4 is 27.3 Å². The molecule has 3 aromatic heterocycles. The van der Waals surface area contributed by atoms with Crippen LogP contribution in [0.5, 0.6) is 0 Å². The Morgan fingerprint density at radius 2 is 1.96 bits per heavy atom. The Bertz CT molecular complexity index is 1160. The van der Waals surface area contributed by atoms with Crippen LogP contribution in [0.25, 0.3) is 16.0 Å². The van der Waals surface area contributed by atoms with Gasteiger partial charge in [-0.2, -0.15) is 0 Å². The van der Waals surface area contributed by atoms with Crippen LogP contribution in [-0.2, 0) is 13.6 Å². The Hall–Kier alpha value is -2.67. The van der Waals surface area contributed by atoms with Crippen LogP contribution >= 0.6 is 11.3 Å². The highest BCUT2D eigenvalue weighted by Crippen LogP contribution is 2.17. The van der Waals surface area contributed by atoms with E-state index >= 15 is 0 Å². The van der Waals surface area contributed by atoms with Crippen molar-refractivity contribution in [2.45, 2.75) is 13.5 Å². The molecule has 0 aliphatic rings. The highest BCUT2D eigenvalue weighted by molar-refractivity contribution is 7.17. The molecule has 0 N–H and O–H groups in total. The van der Waals surface area contributed by atoms with E-state index in [9.17, 15) is 9.59 Å². The monoisotopic (exact) mass is 326 g/mol. The Kier molecular flexibility index (Phi) is 2.99. The molecule has 0 unspecified atom stereocenters. The number of aromatic nitrogens is 4. The molecular weight excluding hydrogens is 312 g/mol. The van der Waals surface area contributed by atoms with Crippen molar-refractivity contribution in [1.82, 2.24) is 18.7 Å². The summed E-state index contributed by atoms with van der Waals surface area (Å²) < 4.78 is 4.91. The van der Waals surface area contributed by atoms with Crippen molar-refractivity contribution < 1.29 is 0 Å². The summed E-state index contributed by atoms with van der Waals surface area (Å²) in [6.07, 6.45) is 0. The van der Waals surface area contributed by atoms with Crippen molar-refractivity contribution in [1.29, 1.82) is 0 Å². The fourth-order valence-corrected chi connectivity index (χ4v) is 3.61. The lowest BCUT2D eigenvalue weighted by atomic mass is 10.1. The SMILES string of the molecule is Cc1ccccc1Cn1nc2n(C)c(=O)c3sccc3n2c1=O. The van der Waals surface area contributed by atoms with Crippen LogP contribution in [0.15, 0.2) is 45.3 Å². The van der Waals surface area contributed by atoms with Crippen LogP contribution in [-0.4, -0.2) is 18.7 Å². The first kappa shape index (κ1) is 14.0. The van der Waals surface area contributed by atoms with Crippen LogP contribution in [0.4, 0.5) is 0 Å².